The van der Waals surface area contributed by atoms with Gasteiger partial charge in [-0.2, -0.15) is 11.1 Å². The first-order valence-corrected chi connectivity index (χ1v) is 12.0. The van der Waals surface area contributed by atoms with Crippen LogP contribution in [-0.2, 0) is 11.3 Å². The number of nitrogens with one attached hydrogen (secondary N) is 2. The molecule has 0 saturated heterocycles. The van der Waals surface area contributed by atoms with E-state index in [0.29, 0.717) is 35.2 Å². The maximum atomic E-state index is 13.1. The summed E-state index contributed by atoms with van der Waals surface area (Å²) in [4.78, 5) is 38.8. The number of carbonyl (C=O) groups is 2. The second-order valence-corrected chi connectivity index (χ2v) is 8.62. The molecule has 0 unspecified atom stereocenters. The largest absolute Gasteiger partial charge is 1.00 e. The van der Waals surface area contributed by atoms with Gasteiger partial charge in [-0.25, -0.2) is 9.78 Å². The molecule has 0 radical (unpaired) electrons. The first-order chi connectivity index (χ1) is 18.7. The number of hydrogen-bond acceptors (Lipinski definition) is 8. The van der Waals surface area contributed by atoms with E-state index < -0.39 is 0 Å². The number of fused-ring (bicyclic) bond motifs is 1. The van der Waals surface area contributed by atoms with E-state index >= 15 is 0 Å². The normalized spacial score (nSPS) is 11.6. The van der Waals surface area contributed by atoms with E-state index in [1.54, 1.807) is 49.5 Å². The number of ether oxygens (including phenoxy) is 2. The minimum atomic E-state index is -0.362. The number of amides is 3. The summed E-state index contributed by atoms with van der Waals surface area (Å²) in [5, 5.41) is 5.73. The summed E-state index contributed by atoms with van der Waals surface area (Å²) in [6.07, 6.45) is 2.84. The fourth-order valence-electron chi connectivity index (χ4n) is 3.45. The molecule has 2 heterocycles. The van der Waals surface area contributed by atoms with Crippen LogP contribution in [0.4, 0.5) is 33.6 Å². The van der Waals surface area contributed by atoms with Gasteiger partial charge < -0.3 is 39.4 Å². The van der Waals surface area contributed by atoms with Crippen molar-refractivity contribution in [2.24, 2.45) is 0 Å². The Morgan fingerprint density at radius 1 is 1.24 bits per heavy atom. The van der Waals surface area contributed by atoms with E-state index in [4.69, 9.17) is 9.47 Å². The van der Waals surface area contributed by atoms with Crippen molar-refractivity contribution in [3.63, 3.8) is 0 Å². The van der Waals surface area contributed by atoms with Crippen LogP contribution in [0.15, 0.2) is 55.3 Å². The Morgan fingerprint density at radius 2 is 1.90 bits per heavy atom. The topological polar surface area (TPSA) is 112 Å². The average Bonchev–Trinajstić information content (AvgIpc) is 2.95. The number of nitrogens with zero attached hydrogens (tertiary/aromatic N) is 5. The molecule has 0 atom stereocenters. The Labute approximate surface area is 254 Å². The van der Waals surface area contributed by atoms with Gasteiger partial charge in [-0.3, -0.25) is 14.6 Å². The summed E-state index contributed by atoms with van der Waals surface area (Å²) in [7, 11) is 8.76. The molecule has 11 nitrogen and oxygen atoms in total. The van der Waals surface area contributed by atoms with Crippen LogP contribution in [0.25, 0.3) is 0 Å². The first kappa shape index (κ1) is 35.0. The van der Waals surface area contributed by atoms with Crippen LogP contribution < -0.4 is 48.8 Å². The van der Waals surface area contributed by atoms with Crippen LogP contribution in [0.5, 0.6) is 11.5 Å². The molecule has 1 aliphatic heterocycles. The number of aromatic nitrogens is 2. The molecule has 214 valence electrons. The van der Waals surface area contributed by atoms with Crippen LogP contribution in [0, 0.1) is 20.4 Å². The Kier molecular flexibility index (Phi) is 13.9. The fourth-order valence-corrected chi connectivity index (χ4v) is 3.45. The van der Waals surface area contributed by atoms with Gasteiger partial charge in [-0.1, -0.05) is 12.3 Å². The van der Waals surface area contributed by atoms with E-state index in [0.717, 1.165) is 17.8 Å². The van der Waals surface area contributed by atoms with Crippen LogP contribution >= 0.6 is 0 Å². The molecule has 2 N–H and O–H groups in total. The van der Waals surface area contributed by atoms with Gasteiger partial charge in [0.2, 0.25) is 11.9 Å². The van der Waals surface area contributed by atoms with E-state index in [9.17, 15) is 9.59 Å². The Bertz CT molecular complexity index is 1320. The standard InChI is InChI=1S/C24H23N6O4.C4H10N.CH3.Li/c1-5-21(31)26-16-6-11-20(34-4)19(12-16)27-23-25-13-15-14-30(24(32)29(2)22(15)28-23)17-7-9-18(33-3)10-8-17;1-4-5(2)3;;/h5,7-13H,1,14H2,2-4H3,(H,26,31)(H,25,27,28);1,4H2,2-3H3;1H3;/q3*-1;+1. The number of benzene rings is 2. The number of urea groups is 1. The Balaban J connectivity index is 0.00000111. The summed E-state index contributed by atoms with van der Waals surface area (Å²) in [6, 6.07) is 13.2. The maximum Gasteiger partial charge on any atom is 1.00 e. The molecule has 1 aromatic heterocycles. The van der Waals surface area contributed by atoms with Crippen molar-refractivity contribution in [3.8, 4) is 11.5 Å². The number of carbonyl (C=O) groups excluding carboxylic acids is 2. The Hall–Kier alpha value is -4.04. The van der Waals surface area contributed by atoms with E-state index in [1.165, 1.54) is 18.1 Å². The van der Waals surface area contributed by atoms with Crippen molar-refractivity contribution >= 4 is 40.8 Å². The summed E-state index contributed by atoms with van der Waals surface area (Å²) in [5.41, 5.74) is 2.47. The maximum absolute atomic E-state index is 13.1. The molecule has 41 heavy (non-hydrogen) atoms. The molecule has 0 spiro atoms. The minimum absolute atomic E-state index is 0. The van der Waals surface area contributed by atoms with Crippen molar-refractivity contribution in [2.75, 3.05) is 62.3 Å². The van der Waals surface area contributed by atoms with E-state index in [-0.39, 0.29) is 44.2 Å². The third kappa shape index (κ3) is 8.98. The molecule has 0 saturated carbocycles. The number of anilines is 5. The summed E-state index contributed by atoms with van der Waals surface area (Å²) in [5.74, 6) is 1.59. The molecule has 4 rings (SSSR count). The first-order valence-electron chi connectivity index (χ1n) is 12.0. The predicted octanol–water partition coefficient (Wildman–Crippen LogP) is 1.57. The van der Waals surface area contributed by atoms with E-state index in [1.807, 2.05) is 31.1 Å². The van der Waals surface area contributed by atoms with Crippen molar-refractivity contribution in [1.29, 1.82) is 0 Å². The van der Waals surface area contributed by atoms with Gasteiger partial charge in [0.25, 0.3) is 0 Å². The third-order valence-electron chi connectivity index (χ3n) is 5.66. The van der Waals surface area contributed by atoms with Gasteiger partial charge >= 0.3 is 24.9 Å². The van der Waals surface area contributed by atoms with Crippen LogP contribution in [0.1, 0.15) is 5.56 Å². The number of methoxy groups -OCH3 is 2. The third-order valence-corrected chi connectivity index (χ3v) is 5.66. The molecule has 3 amide bonds. The quantitative estimate of drug-likeness (QED) is 0.246. The molecule has 0 aliphatic carbocycles. The molecule has 2 aromatic carbocycles. The molecule has 1 aliphatic rings. The van der Waals surface area contributed by atoms with Crippen LogP contribution in [0.3, 0.4) is 0 Å². The summed E-state index contributed by atoms with van der Waals surface area (Å²) in [6.45, 7) is 8.27. The Morgan fingerprint density at radius 3 is 2.46 bits per heavy atom. The van der Waals surface area contributed by atoms with Gasteiger partial charge in [-0.15, -0.1) is 18.7 Å². The van der Waals surface area contributed by atoms with Crippen molar-refractivity contribution in [2.45, 2.75) is 6.54 Å². The van der Waals surface area contributed by atoms with Gasteiger partial charge in [-0.05, 0) is 50.1 Å². The second-order valence-electron chi connectivity index (χ2n) is 8.62. The van der Waals surface area contributed by atoms with Crippen molar-refractivity contribution < 1.29 is 37.9 Å². The molecule has 3 aromatic rings. The monoisotopic (exact) mass is 553 g/mol. The molecule has 0 bridgehead atoms. The molecular formula is C29H36LiN7O4-2. The smallest absolute Gasteiger partial charge is 0.552 e. The van der Waals surface area contributed by atoms with Crippen LogP contribution in [0.2, 0.25) is 0 Å². The number of rotatable bonds is 8. The fraction of sp³-hybridized carbons (Fsp3) is 0.241. The summed E-state index contributed by atoms with van der Waals surface area (Å²) < 4.78 is 10.6. The average molecular weight is 554 g/mol. The molecular weight excluding hydrogens is 517 g/mol. The SMILES string of the molecule is C=CC(=O)Nc1[c-]cc(OC)c(Nc2ncc3c(n2)N(C)C(=O)N(c2ccc(OC)cc2)C3)c1.[CH2-]CN(C)C.[CH3-].[Li+]. The minimum Gasteiger partial charge on any atom is -0.552 e. The van der Waals surface area contributed by atoms with Gasteiger partial charge in [0.05, 0.1) is 20.8 Å². The van der Waals surface area contributed by atoms with E-state index in [2.05, 4.69) is 40.2 Å². The van der Waals surface area contributed by atoms with Crippen LogP contribution in [-0.4, -0.2) is 68.7 Å². The number of hydrogen-bond donors (Lipinski definition) is 2. The summed E-state index contributed by atoms with van der Waals surface area (Å²) >= 11 is 0. The zero-order valence-electron chi connectivity index (χ0n) is 24.8. The van der Waals surface area contributed by atoms with Gasteiger partial charge in [0.15, 0.2) is 0 Å². The molecule has 0 fully saturated rings. The second kappa shape index (κ2) is 16.3. The van der Waals surface area contributed by atoms with Gasteiger partial charge in [0.1, 0.15) is 11.6 Å². The van der Waals surface area contributed by atoms with Crippen molar-refractivity contribution in [1.82, 2.24) is 14.9 Å². The zero-order valence-corrected chi connectivity index (χ0v) is 24.8. The predicted molar refractivity (Wildman–Crippen MR) is 159 cm³/mol. The van der Waals surface area contributed by atoms with Crippen molar-refractivity contribution in [3.05, 3.63) is 81.2 Å². The zero-order chi connectivity index (χ0) is 28.5. The molecule has 12 heteroatoms. The van der Waals surface area contributed by atoms with Gasteiger partial charge in [0, 0.05) is 30.2 Å².